The number of benzene rings is 2. The SMILES string of the molecule is O=C(O)c1ccc(-n2nnnc2SCC(=O)c2ccc([N+](=O)O)cc2)cc1. The van der Waals surface area contributed by atoms with Crippen LogP contribution in [0.3, 0.4) is 0 Å². The smallest absolute Gasteiger partial charge is 0.335 e. The van der Waals surface area contributed by atoms with E-state index in [-0.39, 0.29) is 27.7 Å². The summed E-state index contributed by atoms with van der Waals surface area (Å²) in [5, 5.41) is 29.4. The summed E-state index contributed by atoms with van der Waals surface area (Å²) in [6.07, 6.45) is 0. The lowest BCUT2D eigenvalue weighted by molar-refractivity contribution is -0.729. The highest BCUT2D eigenvalue weighted by Gasteiger charge is 2.15. The van der Waals surface area contributed by atoms with Crippen LogP contribution >= 0.6 is 11.8 Å². The first-order valence-corrected chi connectivity index (χ1v) is 8.48. The van der Waals surface area contributed by atoms with E-state index in [0.717, 1.165) is 11.8 Å². The maximum atomic E-state index is 12.3. The first-order chi connectivity index (χ1) is 13.0. The van der Waals surface area contributed by atoms with Crippen molar-refractivity contribution in [3.8, 4) is 5.69 Å². The molecule has 136 valence electrons. The van der Waals surface area contributed by atoms with Gasteiger partial charge in [-0.25, -0.2) is 10.0 Å². The topological polar surface area (TPSA) is 138 Å². The second-order valence-electron chi connectivity index (χ2n) is 5.26. The number of aromatic carboxylic acids is 1. The molecule has 1 aromatic heterocycles. The minimum absolute atomic E-state index is 0.0213. The molecule has 10 nitrogen and oxygen atoms in total. The van der Waals surface area contributed by atoms with E-state index >= 15 is 0 Å². The van der Waals surface area contributed by atoms with Gasteiger partial charge in [0.05, 0.1) is 21.9 Å². The van der Waals surface area contributed by atoms with E-state index < -0.39 is 5.97 Å². The summed E-state index contributed by atoms with van der Waals surface area (Å²) in [7, 11) is 0. The van der Waals surface area contributed by atoms with Gasteiger partial charge in [-0.15, -0.1) is 5.10 Å². The Bertz CT molecular complexity index is 1000. The molecule has 0 bridgehead atoms. The molecule has 0 saturated heterocycles. The molecule has 0 spiro atoms. The van der Waals surface area contributed by atoms with Crippen LogP contribution in [0.4, 0.5) is 5.69 Å². The Balaban J connectivity index is 1.70. The number of carboxylic acid groups (broad SMARTS) is 1. The molecule has 0 aliphatic rings. The van der Waals surface area contributed by atoms with Crippen LogP contribution in [0.15, 0.2) is 53.7 Å². The minimum atomic E-state index is -1.04. The molecule has 1 heterocycles. The van der Waals surface area contributed by atoms with Gasteiger partial charge in [-0.1, -0.05) is 11.8 Å². The fourth-order valence-corrected chi connectivity index (χ4v) is 2.95. The number of Topliss-reactive ketones (excluding diaryl/α,β-unsaturated/α-hetero) is 1. The predicted octanol–water partition coefficient (Wildman–Crippen LogP) is 2.14. The second kappa shape index (κ2) is 7.74. The average molecular weight is 386 g/mol. The molecule has 11 heteroatoms. The number of carbonyl (C=O) groups is 2. The Morgan fingerprint density at radius 1 is 1.04 bits per heavy atom. The molecule has 27 heavy (non-hydrogen) atoms. The number of carboxylic acids is 1. The van der Waals surface area contributed by atoms with E-state index in [4.69, 9.17) is 10.3 Å². The van der Waals surface area contributed by atoms with Gasteiger partial charge in [-0.05, 0) is 46.8 Å². The molecule has 2 N–H and O–H groups in total. The van der Waals surface area contributed by atoms with Gasteiger partial charge in [0.2, 0.25) is 5.16 Å². The number of hydrogen-bond donors (Lipinski definition) is 2. The third kappa shape index (κ3) is 4.15. The fraction of sp³-hybridized carbons (Fsp3) is 0.0625. The van der Waals surface area contributed by atoms with Crippen LogP contribution in [0, 0.1) is 4.91 Å². The summed E-state index contributed by atoms with van der Waals surface area (Å²) in [5.41, 5.74) is 1.09. The Labute approximate surface area is 156 Å². The third-order valence-electron chi connectivity index (χ3n) is 3.54. The van der Waals surface area contributed by atoms with Gasteiger partial charge in [0, 0.05) is 17.7 Å². The molecule has 0 atom stereocenters. The first kappa shape index (κ1) is 18.2. The normalized spacial score (nSPS) is 10.5. The van der Waals surface area contributed by atoms with E-state index in [2.05, 4.69) is 15.5 Å². The lowest BCUT2D eigenvalue weighted by Gasteiger charge is -2.04. The molecule has 0 amide bonds. The average Bonchev–Trinajstić information content (AvgIpc) is 3.14. The van der Waals surface area contributed by atoms with Crippen molar-refractivity contribution >= 4 is 29.2 Å². The monoisotopic (exact) mass is 386 g/mol. The highest BCUT2D eigenvalue weighted by atomic mass is 32.2. The van der Waals surface area contributed by atoms with Crippen LogP contribution in [0.5, 0.6) is 0 Å². The van der Waals surface area contributed by atoms with Gasteiger partial charge in [0.25, 0.3) is 4.92 Å². The Morgan fingerprint density at radius 3 is 2.26 bits per heavy atom. The quantitative estimate of drug-likeness (QED) is 0.355. The predicted molar refractivity (Wildman–Crippen MR) is 92.7 cm³/mol. The Morgan fingerprint density at radius 2 is 1.67 bits per heavy atom. The van der Waals surface area contributed by atoms with Gasteiger partial charge in [-0.3, -0.25) is 4.79 Å². The van der Waals surface area contributed by atoms with Gasteiger partial charge >= 0.3 is 11.7 Å². The summed E-state index contributed by atoms with van der Waals surface area (Å²) in [4.78, 5) is 33.7. The van der Waals surface area contributed by atoms with E-state index in [0.29, 0.717) is 16.4 Å². The summed E-state index contributed by atoms with van der Waals surface area (Å²) < 4.78 is 1.40. The van der Waals surface area contributed by atoms with Crippen LogP contribution in [0.25, 0.3) is 5.69 Å². The number of nitrogens with zero attached hydrogens (tertiary/aromatic N) is 5. The molecule has 0 aliphatic heterocycles. The maximum Gasteiger partial charge on any atom is 0.335 e. The molecule has 3 rings (SSSR count). The van der Waals surface area contributed by atoms with Crippen molar-refractivity contribution in [2.45, 2.75) is 5.16 Å². The molecule has 0 fully saturated rings. The van der Waals surface area contributed by atoms with Gasteiger partial charge < -0.3 is 5.11 Å². The number of rotatable bonds is 7. The molecular formula is C16H12N5O5S+. The zero-order chi connectivity index (χ0) is 19.4. The zero-order valence-corrected chi connectivity index (χ0v) is 14.4. The standard InChI is InChI=1S/C16H11N5O5S/c22-14(10-1-7-13(8-2-10)21(25)26)9-27-16-17-18-19-20(16)12-5-3-11(4-6-12)15(23)24/h1-8H,9H2,(H-,23,24,25,26)/p+1. The number of ketones is 1. The van der Waals surface area contributed by atoms with Crippen LogP contribution in [0.1, 0.15) is 20.7 Å². The van der Waals surface area contributed by atoms with E-state index in [1.807, 2.05) is 0 Å². The molecule has 3 aromatic rings. The minimum Gasteiger partial charge on any atom is -0.478 e. The number of hydrogen-bond acceptors (Lipinski definition) is 7. The molecule has 2 aromatic carbocycles. The highest BCUT2D eigenvalue weighted by molar-refractivity contribution is 7.99. The van der Waals surface area contributed by atoms with Crippen molar-refractivity contribution in [3.63, 3.8) is 0 Å². The summed E-state index contributed by atoms with van der Waals surface area (Å²) in [6.45, 7) is 0. The molecule has 0 unspecified atom stereocenters. The summed E-state index contributed by atoms with van der Waals surface area (Å²) >= 11 is 1.11. The summed E-state index contributed by atoms with van der Waals surface area (Å²) in [6, 6.07) is 11.5. The highest BCUT2D eigenvalue weighted by Crippen LogP contribution is 2.20. The van der Waals surface area contributed by atoms with Crippen molar-refractivity contribution in [1.82, 2.24) is 20.2 Å². The van der Waals surface area contributed by atoms with Crippen molar-refractivity contribution in [2.75, 3.05) is 5.75 Å². The van der Waals surface area contributed by atoms with Crippen LogP contribution < -0.4 is 0 Å². The maximum absolute atomic E-state index is 12.3. The Kier molecular flexibility index (Phi) is 5.22. The van der Waals surface area contributed by atoms with Crippen molar-refractivity contribution in [3.05, 3.63) is 64.6 Å². The van der Waals surface area contributed by atoms with Gasteiger partial charge in [-0.2, -0.15) is 4.68 Å². The zero-order valence-electron chi connectivity index (χ0n) is 13.6. The van der Waals surface area contributed by atoms with E-state index in [1.54, 1.807) is 12.1 Å². The second-order valence-corrected chi connectivity index (χ2v) is 6.20. The van der Waals surface area contributed by atoms with E-state index in [1.165, 1.54) is 41.1 Å². The fourth-order valence-electron chi connectivity index (χ4n) is 2.16. The third-order valence-corrected chi connectivity index (χ3v) is 4.46. The van der Waals surface area contributed by atoms with Gasteiger partial charge in [0.1, 0.15) is 0 Å². The number of aromatic nitrogens is 4. The largest absolute Gasteiger partial charge is 0.478 e. The first-order valence-electron chi connectivity index (χ1n) is 7.50. The molecule has 0 aliphatic carbocycles. The number of carbonyl (C=O) groups excluding carboxylic acids is 1. The van der Waals surface area contributed by atoms with Crippen molar-refractivity contribution in [2.24, 2.45) is 0 Å². The van der Waals surface area contributed by atoms with Crippen molar-refractivity contribution < 1.29 is 24.8 Å². The molecule has 0 saturated carbocycles. The van der Waals surface area contributed by atoms with Gasteiger partial charge in [0.15, 0.2) is 5.78 Å². The molecule has 0 radical (unpaired) electrons. The number of thioether (sulfide) groups is 1. The van der Waals surface area contributed by atoms with E-state index in [9.17, 15) is 14.5 Å². The van der Waals surface area contributed by atoms with Crippen molar-refractivity contribution in [1.29, 1.82) is 0 Å². The lowest BCUT2D eigenvalue weighted by Crippen LogP contribution is -2.05. The van der Waals surface area contributed by atoms with Crippen LogP contribution in [0.2, 0.25) is 0 Å². The molecular weight excluding hydrogens is 374 g/mol. The Hall–Kier alpha value is -3.60. The summed E-state index contributed by atoms with van der Waals surface area (Å²) in [5.74, 6) is -1.20. The van der Waals surface area contributed by atoms with Crippen LogP contribution in [-0.4, -0.2) is 52.9 Å². The van der Waals surface area contributed by atoms with Crippen LogP contribution in [-0.2, 0) is 0 Å². The number of tetrazole rings is 1. The lowest BCUT2D eigenvalue weighted by atomic mass is 10.1.